The van der Waals surface area contributed by atoms with Crippen molar-refractivity contribution in [3.8, 4) is 5.75 Å². The third-order valence-corrected chi connectivity index (χ3v) is 4.87. The standard InChI is InChI=1S/C17H25NO3/c1-19-13-17-8-10-21-16(17)7-9-18(12-17)11-14-5-3-4-6-15(14)20-2/h3-6,16H,7-13H2,1-2H3/t16-,17+/m1/s1. The van der Waals surface area contributed by atoms with Crippen LogP contribution in [0.4, 0.5) is 0 Å². The van der Waals surface area contributed by atoms with E-state index in [0.717, 1.165) is 51.4 Å². The average molecular weight is 291 g/mol. The van der Waals surface area contributed by atoms with Crippen LogP contribution in [0.2, 0.25) is 0 Å². The fraction of sp³-hybridized carbons (Fsp3) is 0.647. The van der Waals surface area contributed by atoms with Crippen LogP contribution >= 0.6 is 0 Å². The van der Waals surface area contributed by atoms with Crippen LogP contribution in [0, 0.1) is 5.41 Å². The minimum atomic E-state index is 0.176. The lowest BCUT2D eigenvalue weighted by Gasteiger charge is -2.43. The molecule has 2 aliphatic rings. The summed E-state index contributed by atoms with van der Waals surface area (Å²) in [6.45, 7) is 4.72. The van der Waals surface area contributed by atoms with E-state index < -0.39 is 0 Å². The van der Waals surface area contributed by atoms with E-state index in [4.69, 9.17) is 14.2 Å². The van der Waals surface area contributed by atoms with Crippen molar-refractivity contribution < 1.29 is 14.2 Å². The Morgan fingerprint density at radius 3 is 3.00 bits per heavy atom. The van der Waals surface area contributed by atoms with Crippen LogP contribution in [-0.4, -0.2) is 51.5 Å². The van der Waals surface area contributed by atoms with Crippen molar-refractivity contribution in [3.63, 3.8) is 0 Å². The van der Waals surface area contributed by atoms with Gasteiger partial charge in [0.2, 0.25) is 0 Å². The van der Waals surface area contributed by atoms with E-state index in [1.54, 1.807) is 14.2 Å². The number of methoxy groups -OCH3 is 2. The van der Waals surface area contributed by atoms with Crippen molar-refractivity contribution in [2.75, 3.05) is 40.5 Å². The number of benzene rings is 1. The number of para-hydroxylation sites is 1. The second-order valence-corrected chi connectivity index (χ2v) is 6.22. The maximum atomic E-state index is 5.92. The Kier molecular flexibility index (Phi) is 4.48. The predicted molar refractivity (Wildman–Crippen MR) is 81.6 cm³/mol. The van der Waals surface area contributed by atoms with E-state index in [-0.39, 0.29) is 5.41 Å². The zero-order chi connectivity index (χ0) is 14.7. The summed E-state index contributed by atoms with van der Waals surface area (Å²) in [6, 6.07) is 8.28. The second-order valence-electron chi connectivity index (χ2n) is 6.22. The molecule has 2 aliphatic heterocycles. The van der Waals surface area contributed by atoms with Gasteiger partial charge in [-0.25, -0.2) is 0 Å². The molecular formula is C17H25NO3. The molecule has 0 aliphatic carbocycles. The van der Waals surface area contributed by atoms with Crippen molar-refractivity contribution in [1.82, 2.24) is 4.90 Å². The Bertz CT molecular complexity index is 479. The van der Waals surface area contributed by atoms with Gasteiger partial charge in [0.05, 0.1) is 19.8 Å². The molecular weight excluding hydrogens is 266 g/mol. The summed E-state index contributed by atoms with van der Waals surface area (Å²) >= 11 is 0. The number of hydrogen-bond donors (Lipinski definition) is 0. The first-order valence-electron chi connectivity index (χ1n) is 7.72. The van der Waals surface area contributed by atoms with E-state index in [1.165, 1.54) is 5.56 Å². The van der Waals surface area contributed by atoms with E-state index >= 15 is 0 Å². The molecule has 1 aromatic carbocycles. The van der Waals surface area contributed by atoms with Gasteiger partial charge in [0, 0.05) is 44.3 Å². The summed E-state index contributed by atoms with van der Waals surface area (Å²) in [4.78, 5) is 2.52. The number of fused-ring (bicyclic) bond motifs is 1. The van der Waals surface area contributed by atoms with Gasteiger partial charge in [-0.2, -0.15) is 0 Å². The highest BCUT2D eigenvalue weighted by atomic mass is 16.5. The van der Waals surface area contributed by atoms with Crippen molar-refractivity contribution in [2.24, 2.45) is 5.41 Å². The lowest BCUT2D eigenvalue weighted by Crippen LogP contribution is -2.51. The quantitative estimate of drug-likeness (QED) is 0.833. The summed E-state index contributed by atoms with van der Waals surface area (Å²) < 4.78 is 16.9. The predicted octanol–water partition coefficient (Wildman–Crippen LogP) is 2.32. The molecule has 0 bridgehead atoms. The second kappa shape index (κ2) is 6.34. The Labute approximate surface area is 127 Å². The summed E-state index contributed by atoms with van der Waals surface area (Å²) in [7, 11) is 3.53. The van der Waals surface area contributed by atoms with Crippen LogP contribution in [0.5, 0.6) is 5.75 Å². The topological polar surface area (TPSA) is 30.9 Å². The number of piperidine rings is 1. The molecule has 116 valence electrons. The molecule has 0 amide bonds. The summed E-state index contributed by atoms with van der Waals surface area (Å²) in [5, 5.41) is 0. The van der Waals surface area contributed by atoms with Gasteiger partial charge >= 0.3 is 0 Å². The molecule has 1 aromatic rings. The Morgan fingerprint density at radius 1 is 1.33 bits per heavy atom. The van der Waals surface area contributed by atoms with Crippen molar-refractivity contribution >= 4 is 0 Å². The Hall–Kier alpha value is -1.10. The lowest BCUT2D eigenvalue weighted by molar-refractivity contribution is -0.0558. The highest BCUT2D eigenvalue weighted by Gasteiger charge is 2.47. The molecule has 0 N–H and O–H groups in total. The minimum Gasteiger partial charge on any atom is -0.496 e. The number of hydrogen-bond acceptors (Lipinski definition) is 4. The van der Waals surface area contributed by atoms with E-state index in [2.05, 4.69) is 17.0 Å². The van der Waals surface area contributed by atoms with Gasteiger partial charge in [-0.3, -0.25) is 4.90 Å². The van der Waals surface area contributed by atoms with Gasteiger partial charge in [0.25, 0.3) is 0 Å². The Balaban J connectivity index is 1.72. The monoisotopic (exact) mass is 291 g/mol. The first-order chi connectivity index (χ1) is 10.3. The van der Waals surface area contributed by atoms with E-state index in [9.17, 15) is 0 Å². The van der Waals surface area contributed by atoms with Gasteiger partial charge in [0.15, 0.2) is 0 Å². The first kappa shape index (κ1) is 14.8. The largest absolute Gasteiger partial charge is 0.496 e. The third kappa shape index (κ3) is 2.93. The smallest absolute Gasteiger partial charge is 0.123 e. The van der Waals surface area contributed by atoms with Gasteiger partial charge in [-0.15, -0.1) is 0 Å². The molecule has 0 radical (unpaired) electrons. The maximum absolute atomic E-state index is 5.92. The maximum Gasteiger partial charge on any atom is 0.123 e. The Morgan fingerprint density at radius 2 is 2.19 bits per heavy atom. The molecule has 2 heterocycles. The summed E-state index contributed by atoms with van der Waals surface area (Å²) in [5.74, 6) is 0.975. The number of nitrogens with zero attached hydrogens (tertiary/aromatic N) is 1. The van der Waals surface area contributed by atoms with Crippen molar-refractivity contribution in [3.05, 3.63) is 29.8 Å². The van der Waals surface area contributed by atoms with Gasteiger partial charge in [0.1, 0.15) is 5.75 Å². The minimum absolute atomic E-state index is 0.176. The molecule has 4 nitrogen and oxygen atoms in total. The zero-order valence-electron chi connectivity index (χ0n) is 13.0. The van der Waals surface area contributed by atoms with Crippen molar-refractivity contribution in [1.29, 1.82) is 0 Å². The number of rotatable bonds is 5. The van der Waals surface area contributed by atoms with Crippen LogP contribution < -0.4 is 4.74 Å². The SMILES string of the molecule is COC[C@@]12CCO[C@@H]1CCN(Cc1ccccc1OC)C2. The highest BCUT2D eigenvalue weighted by Crippen LogP contribution is 2.41. The molecule has 2 fully saturated rings. The molecule has 2 saturated heterocycles. The van der Waals surface area contributed by atoms with Crippen molar-refractivity contribution in [2.45, 2.75) is 25.5 Å². The van der Waals surface area contributed by atoms with Crippen LogP contribution in [0.3, 0.4) is 0 Å². The van der Waals surface area contributed by atoms with E-state index in [0.29, 0.717) is 6.10 Å². The summed E-state index contributed by atoms with van der Waals surface area (Å²) in [6.07, 6.45) is 2.57. The fourth-order valence-electron chi connectivity index (χ4n) is 3.84. The lowest BCUT2D eigenvalue weighted by atomic mass is 9.77. The van der Waals surface area contributed by atoms with E-state index in [1.807, 2.05) is 12.1 Å². The highest BCUT2D eigenvalue weighted by molar-refractivity contribution is 5.33. The third-order valence-electron chi connectivity index (χ3n) is 4.87. The normalized spacial score (nSPS) is 29.3. The van der Waals surface area contributed by atoms with Gasteiger partial charge in [-0.05, 0) is 18.9 Å². The summed E-state index contributed by atoms with van der Waals surface area (Å²) in [5.41, 5.74) is 1.43. The van der Waals surface area contributed by atoms with Gasteiger partial charge in [-0.1, -0.05) is 18.2 Å². The fourth-order valence-corrected chi connectivity index (χ4v) is 3.84. The molecule has 0 unspecified atom stereocenters. The molecule has 2 atom stereocenters. The van der Waals surface area contributed by atoms with Crippen LogP contribution in [0.25, 0.3) is 0 Å². The molecule has 4 heteroatoms. The van der Waals surface area contributed by atoms with Crippen LogP contribution in [-0.2, 0) is 16.0 Å². The molecule has 21 heavy (non-hydrogen) atoms. The van der Waals surface area contributed by atoms with Gasteiger partial charge < -0.3 is 14.2 Å². The first-order valence-corrected chi connectivity index (χ1v) is 7.72. The number of likely N-dealkylation sites (tertiary alicyclic amines) is 1. The average Bonchev–Trinajstić information content (AvgIpc) is 2.91. The number of ether oxygens (including phenoxy) is 3. The molecule has 0 aromatic heterocycles. The zero-order valence-corrected chi connectivity index (χ0v) is 13.0. The molecule has 0 saturated carbocycles. The van der Waals surface area contributed by atoms with Crippen LogP contribution in [0.15, 0.2) is 24.3 Å². The van der Waals surface area contributed by atoms with Crippen LogP contribution in [0.1, 0.15) is 18.4 Å². The molecule has 0 spiro atoms. The molecule has 3 rings (SSSR count).